The largest absolute Gasteiger partial charge is 0.493 e. The van der Waals surface area contributed by atoms with Gasteiger partial charge in [-0.2, -0.15) is 4.98 Å². The monoisotopic (exact) mass is 558 g/mol. The van der Waals surface area contributed by atoms with Crippen molar-refractivity contribution >= 4 is 45.3 Å². The van der Waals surface area contributed by atoms with E-state index in [0.717, 1.165) is 0 Å². The zero-order chi connectivity index (χ0) is 25.1. The Morgan fingerprint density at radius 3 is 2.63 bits per heavy atom. The molecule has 35 heavy (non-hydrogen) atoms. The van der Waals surface area contributed by atoms with Crippen molar-refractivity contribution in [2.24, 2.45) is 0 Å². The van der Waals surface area contributed by atoms with Gasteiger partial charge in [-0.3, -0.25) is 14.5 Å². The molecule has 4 rings (SSSR count). The minimum absolute atomic E-state index is 0.154. The van der Waals surface area contributed by atoms with E-state index in [1.54, 1.807) is 26.0 Å². The predicted molar refractivity (Wildman–Crippen MR) is 135 cm³/mol. The Balaban J connectivity index is 2.03. The van der Waals surface area contributed by atoms with Crippen LogP contribution in [-0.2, 0) is 9.59 Å². The highest BCUT2D eigenvalue weighted by atomic mass is 79.9. The molecule has 1 aliphatic rings. The number of amides is 1. The maximum atomic E-state index is 13.4. The molecule has 0 saturated carbocycles. The van der Waals surface area contributed by atoms with Gasteiger partial charge in [0.05, 0.1) is 18.4 Å². The van der Waals surface area contributed by atoms with Crippen LogP contribution in [0.25, 0.3) is 11.3 Å². The molecule has 0 saturated heterocycles. The molecule has 0 fully saturated rings. The van der Waals surface area contributed by atoms with Crippen LogP contribution in [0.4, 0.5) is 5.69 Å². The van der Waals surface area contributed by atoms with Gasteiger partial charge in [-0.1, -0.05) is 59.7 Å². The number of fused-ring (bicyclic) bond motifs is 3. The molecule has 9 nitrogen and oxygen atoms in total. The number of halogens is 1. The molecule has 2 aromatic carbocycles. The smallest absolute Gasteiger partial charge is 0.311 e. The summed E-state index contributed by atoms with van der Waals surface area (Å²) in [5.41, 5.74) is 2.03. The summed E-state index contributed by atoms with van der Waals surface area (Å²) < 4.78 is 18.3. The van der Waals surface area contributed by atoms with Crippen molar-refractivity contribution in [2.45, 2.75) is 38.1 Å². The quantitative estimate of drug-likeness (QED) is 0.230. The van der Waals surface area contributed by atoms with Crippen molar-refractivity contribution in [2.75, 3.05) is 18.3 Å². The lowest BCUT2D eigenvalue weighted by Gasteiger charge is -2.31. The van der Waals surface area contributed by atoms with Gasteiger partial charge in [0.15, 0.2) is 17.2 Å². The molecule has 0 bridgehead atoms. The number of aromatic nitrogens is 3. The molecule has 1 unspecified atom stereocenters. The second-order valence-electron chi connectivity index (χ2n) is 7.41. The number of benzene rings is 2. The van der Waals surface area contributed by atoms with E-state index in [-0.39, 0.29) is 30.4 Å². The third kappa shape index (κ3) is 4.83. The topological polar surface area (TPSA) is 104 Å². The molecule has 1 atom stereocenters. The zero-order valence-corrected chi connectivity index (χ0v) is 22.0. The van der Waals surface area contributed by atoms with Gasteiger partial charge in [-0.25, -0.2) is 0 Å². The number of anilines is 1. The van der Waals surface area contributed by atoms with Gasteiger partial charge < -0.3 is 14.2 Å². The maximum absolute atomic E-state index is 13.4. The Morgan fingerprint density at radius 2 is 1.94 bits per heavy atom. The molecule has 0 aliphatic carbocycles. The van der Waals surface area contributed by atoms with Crippen LogP contribution in [0.5, 0.6) is 17.4 Å². The minimum atomic E-state index is -1.04. The van der Waals surface area contributed by atoms with E-state index in [2.05, 4.69) is 31.1 Å². The number of para-hydroxylation sites is 1. The summed E-state index contributed by atoms with van der Waals surface area (Å²) in [6.07, 6.45) is 1.15. The molecule has 182 valence electrons. The number of hydrogen-bond acceptors (Lipinski definition) is 9. The standard InChI is InChI=1S/C24H23BrN4O5S/c1-5-18(30)29-16-10-8-7-9-14(16)20-22(26-24(35-4)28-27-20)34-23(29)15-11-13(25)12-17(32-3)21(15)33-19(31)6-2/h7-12,23H,5-6H2,1-4H3. The second-order valence-corrected chi connectivity index (χ2v) is 9.10. The molecular formula is C24H23BrN4O5S. The van der Waals surface area contributed by atoms with Crippen LogP contribution in [0, 0.1) is 0 Å². The summed E-state index contributed by atoms with van der Waals surface area (Å²) >= 11 is 4.82. The van der Waals surface area contributed by atoms with E-state index < -0.39 is 12.2 Å². The van der Waals surface area contributed by atoms with Crippen molar-refractivity contribution in [3.8, 4) is 28.6 Å². The van der Waals surface area contributed by atoms with Crippen molar-refractivity contribution < 1.29 is 23.8 Å². The fourth-order valence-electron chi connectivity index (χ4n) is 3.66. The van der Waals surface area contributed by atoms with Gasteiger partial charge in [-0.05, 0) is 24.5 Å². The summed E-state index contributed by atoms with van der Waals surface area (Å²) in [6, 6.07) is 10.7. The number of carbonyl (C=O) groups is 2. The first-order chi connectivity index (χ1) is 16.9. The molecule has 0 spiro atoms. The minimum Gasteiger partial charge on any atom is -0.493 e. The number of nitrogens with zero attached hydrogens (tertiary/aromatic N) is 4. The van der Waals surface area contributed by atoms with Crippen LogP contribution >= 0.6 is 27.7 Å². The van der Waals surface area contributed by atoms with Crippen LogP contribution in [0.3, 0.4) is 0 Å². The summed E-state index contributed by atoms with van der Waals surface area (Å²) in [6.45, 7) is 3.46. The van der Waals surface area contributed by atoms with Gasteiger partial charge in [0, 0.05) is 22.9 Å². The lowest BCUT2D eigenvalue weighted by molar-refractivity contribution is -0.134. The molecule has 1 amide bonds. The number of ether oxygens (including phenoxy) is 3. The SMILES string of the molecule is CCC(=O)Oc1c(OC)cc(Br)cc1C1Oc2nc(SC)nnc2-c2ccccc2N1C(=O)CC. The van der Waals surface area contributed by atoms with E-state index in [0.29, 0.717) is 37.9 Å². The number of rotatable bonds is 6. The third-order valence-corrected chi connectivity index (χ3v) is 6.30. The second kappa shape index (κ2) is 10.6. The first-order valence-electron chi connectivity index (χ1n) is 10.9. The molecule has 0 radical (unpaired) electrons. The Labute approximate surface area is 215 Å². The van der Waals surface area contributed by atoms with E-state index in [4.69, 9.17) is 14.2 Å². The fraction of sp³-hybridized carbons (Fsp3) is 0.292. The Kier molecular flexibility index (Phi) is 7.56. The van der Waals surface area contributed by atoms with E-state index in [1.165, 1.54) is 23.8 Å². The molecule has 1 aliphatic heterocycles. The van der Waals surface area contributed by atoms with Crippen LogP contribution in [0.15, 0.2) is 46.0 Å². The fourth-order valence-corrected chi connectivity index (χ4v) is 4.41. The van der Waals surface area contributed by atoms with Crippen LogP contribution in [0.2, 0.25) is 0 Å². The predicted octanol–water partition coefficient (Wildman–Crippen LogP) is 5.18. The van der Waals surface area contributed by atoms with E-state index >= 15 is 0 Å². The Bertz CT molecular complexity index is 1290. The van der Waals surface area contributed by atoms with Crippen LogP contribution in [-0.4, -0.2) is 40.4 Å². The normalized spacial score (nSPS) is 14.3. The van der Waals surface area contributed by atoms with Crippen molar-refractivity contribution in [1.82, 2.24) is 15.2 Å². The number of hydrogen-bond donors (Lipinski definition) is 0. The molecule has 0 N–H and O–H groups in total. The maximum Gasteiger partial charge on any atom is 0.311 e. The van der Waals surface area contributed by atoms with Crippen LogP contribution < -0.4 is 19.1 Å². The van der Waals surface area contributed by atoms with Crippen molar-refractivity contribution in [3.05, 3.63) is 46.4 Å². The van der Waals surface area contributed by atoms with Gasteiger partial charge in [-0.15, -0.1) is 10.2 Å². The van der Waals surface area contributed by atoms with Gasteiger partial charge in [0.2, 0.25) is 23.2 Å². The zero-order valence-electron chi connectivity index (χ0n) is 19.6. The number of carbonyl (C=O) groups excluding carboxylic acids is 2. The first kappa shape index (κ1) is 24.9. The Morgan fingerprint density at radius 1 is 1.17 bits per heavy atom. The average Bonchev–Trinajstić information content (AvgIpc) is 3.02. The molecule has 2 heterocycles. The molecule has 11 heteroatoms. The lowest BCUT2D eigenvalue weighted by atomic mass is 10.1. The van der Waals surface area contributed by atoms with Gasteiger partial charge in [0.1, 0.15) is 0 Å². The van der Waals surface area contributed by atoms with Crippen molar-refractivity contribution in [1.29, 1.82) is 0 Å². The molecular weight excluding hydrogens is 536 g/mol. The summed E-state index contributed by atoms with van der Waals surface area (Å²) in [4.78, 5) is 31.8. The average molecular weight is 559 g/mol. The lowest BCUT2D eigenvalue weighted by Crippen LogP contribution is -2.37. The number of thioether (sulfide) groups is 1. The van der Waals surface area contributed by atoms with Gasteiger partial charge in [0.25, 0.3) is 0 Å². The summed E-state index contributed by atoms with van der Waals surface area (Å²) in [7, 11) is 1.48. The first-order valence-corrected chi connectivity index (χ1v) is 12.9. The summed E-state index contributed by atoms with van der Waals surface area (Å²) in [5, 5.41) is 8.95. The summed E-state index contributed by atoms with van der Waals surface area (Å²) in [5.74, 6) is 0.0183. The molecule has 3 aromatic rings. The number of methoxy groups -OCH3 is 1. The highest BCUT2D eigenvalue weighted by Gasteiger charge is 2.38. The van der Waals surface area contributed by atoms with Crippen LogP contribution in [0.1, 0.15) is 38.5 Å². The third-order valence-electron chi connectivity index (χ3n) is 5.30. The van der Waals surface area contributed by atoms with Crippen molar-refractivity contribution in [3.63, 3.8) is 0 Å². The molecule has 1 aromatic heterocycles. The Hall–Kier alpha value is -3.18. The number of esters is 1. The van der Waals surface area contributed by atoms with E-state index in [1.807, 2.05) is 30.5 Å². The van der Waals surface area contributed by atoms with Gasteiger partial charge >= 0.3 is 5.97 Å². The highest BCUT2D eigenvalue weighted by molar-refractivity contribution is 9.10. The highest BCUT2D eigenvalue weighted by Crippen LogP contribution is 2.47. The van der Waals surface area contributed by atoms with E-state index in [9.17, 15) is 9.59 Å².